The lowest BCUT2D eigenvalue weighted by Crippen LogP contribution is -2.39. The average Bonchev–Trinajstić information content (AvgIpc) is 2.46. The summed E-state index contributed by atoms with van der Waals surface area (Å²) in [6, 6.07) is 7.53. The zero-order valence-electron chi connectivity index (χ0n) is 13.1. The monoisotopic (exact) mass is 308 g/mol. The molecule has 0 heterocycles. The molecule has 0 unspecified atom stereocenters. The van der Waals surface area contributed by atoms with Crippen molar-refractivity contribution in [2.24, 2.45) is 0 Å². The van der Waals surface area contributed by atoms with E-state index in [0.29, 0.717) is 11.5 Å². The van der Waals surface area contributed by atoms with Crippen LogP contribution in [0.4, 0.5) is 0 Å². The highest BCUT2D eigenvalue weighted by molar-refractivity contribution is 7.92. The fourth-order valence-electron chi connectivity index (χ4n) is 2.86. The standard InChI is InChI=1S/C17H24O3S/c1-17(2,21(3,19)20)16(18)15-11-9-14(10-12-15)13-7-5-4-6-8-13/h9-13H,4-8H2,1-3H3. The van der Waals surface area contributed by atoms with Crippen molar-refractivity contribution in [2.75, 3.05) is 6.26 Å². The predicted octanol–water partition coefficient (Wildman–Crippen LogP) is 3.74. The first-order valence-electron chi connectivity index (χ1n) is 7.58. The van der Waals surface area contributed by atoms with Gasteiger partial charge in [-0.05, 0) is 38.2 Å². The Morgan fingerprint density at radius 2 is 1.57 bits per heavy atom. The minimum absolute atomic E-state index is 0.333. The van der Waals surface area contributed by atoms with E-state index in [0.717, 1.165) is 6.26 Å². The summed E-state index contributed by atoms with van der Waals surface area (Å²) in [4.78, 5) is 12.4. The Hall–Kier alpha value is -1.16. The van der Waals surface area contributed by atoms with E-state index < -0.39 is 14.6 Å². The first kappa shape index (κ1) is 16.2. The van der Waals surface area contributed by atoms with Gasteiger partial charge in [-0.25, -0.2) is 8.42 Å². The highest BCUT2D eigenvalue weighted by Crippen LogP contribution is 2.33. The van der Waals surface area contributed by atoms with Crippen molar-refractivity contribution in [3.63, 3.8) is 0 Å². The van der Waals surface area contributed by atoms with Crippen LogP contribution >= 0.6 is 0 Å². The lowest BCUT2D eigenvalue weighted by Gasteiger charge is -2.23. The molecular formula is C17H24O3S. The number of hydrogen-bond acceptors (Lipinski definition) is 3. The molecule has 0 saturated heterocycles. The third-order valence-electron chi connectivity index (χ3n) is 4.72. The molecule has 0 amide bonds. The Morgan fingerprint density at radius 3 is 2.05 bits per heavy atom. The fraction of sp³-hybridized carbons (Fsp3) is 0.588. The van der Waals surface area contributed by atoms with Gasteiger partial charge < -0.3 is 0 Å². The van der Waals surface area contributed by atoms with Crippen molar-refractivity contribution < 1.29 is 13.2 Å². The zero-order valence-corrected chi connectivity index (χ0v) is 13.9. The number of sulfone groups is 1. The number of carbonyl (C=O) groups is 1. The maximum absolute atomic E-state index is 12.4. The Morgan fingerprint density at radius 1 is 1.05 bits per heavy atom. The molecule has 0 atom stereocenters. The highest BCUT2D eigenvalue weighted by Gasteiger charge is 2.38. The first-order valence-corrected chi connectivity index (χ1v) is 9.47. The van der Waals surface area contributed by atoms with Crippen LogP contribution < -0.4 is 0 Å². The van der Waals surface area contributed by atoms with Gasteiger partial charge in [0.15, 0.2) is 15.6 Å². The summed E-state index contributed by atoms with van der Waals surface area (Å²) < 4.78 is 22.1. The second-order valence-corrected chi connectivity index (χ2v) is 9.13. The highest BCUT2D eigenvalue weighted by atomic mass is 32.2. The molecule has 0 spiro atoms. The Kier molecular flexibility index (Phi) is 4.57. The van der Waals surface area contributed by atoms with Crippen molar-refractivity contribution >= 4 is 15.6 Å². The smallest absolute Gasteiger partial charge is 0.183 e. The number of carbonyl (C=O) groups excluding carboxylic acids is 1. The molecule has 1 aliphatic carbocycles. The molecule has 1 fully saturated rings. The summed E-state index contributed by atoms with van der Waals surface area (Å²) in [6.45, 7) is 2.94. The molecule has 4 heteroatoms. The van der Waals surface area contributed by atoms with Crippen LogP contribution in [0.1, 0.15) is 67.8 Å². The molecule has 2 rings (SSSR count). The fourth-order valence-corrected chi connectivity index (χ4v) is 3.31. The summed E-state index contributed by atoms with van der Waals surface area (Å²) in [6.07, 6.45) is 7.39. The van der Waals surface area contributed by atoms with Gasteiger partial charge in [-0.1, -0.05) is 43.5 Å². The number of benzene rings is 1. The predicted molar refractivity (Wildman–Crippen MR) is 85.5 cm³/mol. The van der Waals surface area contributed by atoms with Gasteiger partial charge in [0.2, 0.25) is 0 Å². The van der Waals surface area contributed by atoms with Gasteiger partial charge in [0.1, 0.15) is 4.75 Å². The maximum Gasteiger partial charge on any atom is 0.183 e. The molecule has 116 valence electrons. The van der Waals surface area contributed by atoms with Gasteiger partial charge in [0.25, 0.3) is 0 Å². The van der Waals surface area contributed by atoms with E-state index >= 15 is 0 Å². The van der Waals surface area contributed by atoms with E-state index in [1.807, 2.05) is 12.1 Å². The molecule has 0 radical (unpaired) electrons. The average molecular weight is 308 g/mol. The van der Waals surface area contributed by atoms with Crippen LogP contribution in [-0.4, -0.2) is 25.2 Å². The van der Waals surface area contributed by atoms with Crippen molar-refractivity contribution in [3.05, 3.63) is 35.4 Å². The van der Waals surface area contributed by atoms with Gasteiger partial charge in [-0.3, -0.25) is 4.79 Å². The van der Waals surface area contributed by atoms with Crippen molar-refractivity contribution in [1.82, 2.24) is 0 Å². The number of ketones is 1. The van der Waals surface area contributed by atoms with Crippen LogP contribution in [0.25, 0.3) is 0 Å². The largest absolute Gasteiger partial charge is 0.292 e. The third-order valence-corrected chi connectivity index (χ3v) is 6.76. The Balaban J connectivity index is 2.21. The molecule has 3 nitrogen and oxygen atoms in total. The molecule has 1 saturated carbocycles. The van der Waals surface area contributed by atoms with E-state index in [1.54, 1.807) is 12.1 Å². The first-order chi connectivity index (χ1) is 9.73. The van der Waals surface area contributed by atoms with Crippen molar-refractivity contribution in [1.29, 1.82) is 0 Å². The normalized spacial score (nSPS) is 17.7. The lowest BCUT2D eigenvalue weighted by atomic mass is 9.83. The van der Waals surface area contributed by atoms with Crippen molar-refractivity contribution in [2.45, 2.75) is 56.6 Å². The van der Waals surface area contributed by atoms with Gasteiger partial charge in [-0.2, -0.15) is 0 Å². The second kappa shape index (κ2) is 5.91. The maximum atomic E-state index is 12.4. The van der Waals surface area contributed by atoms with Crippen LogP contribution in [0.2, 0.25) is 0 Å². The summed E-state index contributed by atoms with van der Waals surface area (Å²) in [5.41, 5.74) is 1.74. The molecular weight excluding hydrogens is 284 g/mol. The summed E-state index contributed by atoms with van der Waals surface area (Å²) in [5, 5.41) is 0. The second-order valence-electron chi connectivity index (χ2n) is 6.57. The van der Waals surface area contributed by atoms with Gasteiger partial charge >= 0.3 is 0 Å². The topological polar surface area (TPSA) is 51.2 Å². The van der Waals surface area contributed by atoms with Crippen LogP contribution in [0.15, 0.2) is 24.3 Å². The van der Waals surface area contributed by atoms with Gasteiger partial charge in [0.05, 0.1) is 0 Å². The van der Waals surface area contributed by atoms with E-state index in [-0.39, 0.29) is 5.78 Å². The molecule has 21 heavy (non-hydrogen) atoms. The molecule has 1 aliphatic rings. The number of rotatable bonds is 4. The minimum Gasteiger partial charge on any atom is -0.292 e. The third kappa shape index (κ3) is 3.37. The molecule has 0 aromatic heterocycles. The van der Waals surface area contributed by atoms with E-state index in [2.05, 4.69) is 0 Å². The van der Waals surface area contributed by atoms with Gasteiger partial charge in [-0.15, -0.1) is 0 Å². The molecule has 1 aromatic rings. The molecule has 0 aliphatic heterocycles. The zero-order chi connectivity index (χ0) is 15.7. The van der Waals surface area contributed by atoms with Crippen molar-refractivity contribution in [3.8, 4) is 0 Å². The molecule has 0 bridgehead atoms. The minimum atomic E-state index is -3.43. The van der Waals surface area contributed by atoms with Crippen LogP contribution in [0, 0.1) is 0 Å². The number of Topliss-reactive ketones (excluding diaryl/α,β-unsaturated/α-hetero) is 1. The molecule has 1 aromatic carbocycles. The van der Waals surface area contributed by atoms with E-state index in [9.17, 15) is 13.2 Å². The lowest BCUT2D eigenvalue weighted by molar-refractivity contribution is 0.0954. The SMILES string of the molecule is CC(C)(C(=O)c1ccc(C2CCCCC2)cc1)S(C)(=O)=O. The van der Waals surface area contributed by atoms with Gasteiger partial charge in [0, 0.05) is 11.8 Å². The quantitative estimate of drug-likeness (QED) is 0.796. The van der Waals surface area contributed by atoms with Crippen LogP contribution in [-0.2, 0) is 9.84 Å². The van der Waals surface area contributed by atoms with Crippen LogP contribution in [0.3, 0.4) is 0 Å². The van der Waals surface area contributed by atoms with Crippen LogP contribution in [0.5, 0.6) is 0 Å². The summed E-state index contributed by atoms with van der Waals surface area (Å²) in [7, 11) is -3.43. The summed E-state index contributed by atoms with van der Waals surface area (Å²) >= 11 is 0. The van der Waals surface area contributed by atoms with E-state index in [4.69, 9.17) is 0 Å². The summed E-state index contributed by atoms with van der Waals surface area (Å²) in [5.74, 6) is 0.256. The van der Waals surface area contributed by atoms with E-state index in [1.165, 1.54) is 51.5 Å². The molecule has 0 N–H and O–H groups in total. The Bertz CT molecular complexity index is 606. The number of hydrogen-bond donors (Lipinski definition) is 0. The Labute approximate surface area is 127 Å².